The predicted octanol–water partition coefficient (Wildman–Crippen LogP) is 3.23. The van der Waals surface area contributed by atoms with E-state index in [1.807, 2.05) is 0 Å². The van der Waals surface area contributed by atoms with E-state index in [2.05, 4.69) is 40.4 Å². The fraction of sp³-hybridized carbons (Fsp3) is 0.875. The molecule has 0 heterocycles. The van der Waals surface area contributed by atoms with Gasteiger partial charge in [0.2, 0.25) is 0 Å². The number of carbonyl (C=O) groups is 1. The highest BCUT2D eigenvalue weighted by Gasteiger charge is 2.36. The second-order valence-electron chi connectivity index (χ2n) is 9.20. The molecular weight excluding hydrogens is 460 g/mol. The summed E-state index contributed by atoms with van der Waals surface area (Å²) in [5.41, 5.74) is 0.377. The maximum absolute atomic E-state index is 11.2. The molecule has 0 spiro atoms. The van der Waals surface area contributed by atoms with Gasteiger partial charge in [-0.15, -0.1) is 0 Å². The maximum atomic E-state index is 11.2. The minimum atomic E-state index is -1.69. The Hall–Kier alpha value is -0.853. The zero-order valence-corrected chi connectivity index (χ0v) is 23.3. The summed E-state index contributed by atoms with van der Waals surface area (Å²) in [5.74, 6) is -0.405. The minimum Gasteiger partial charge on any atom is -0.460 e. The standard InChI is InChI=1S/C24H48O9Si/c1-22(2)23(25)32-20-18-30-16-14-28-12-10-26-8-9-27-11-13-29-15-17-31-19-21-33-34(6,7)24(3,4)5/h1,8-21H2,2-7H3. The molecule has 0 aliphatic heterocycles. The van der Waals surface area contributed by atoms with Crippen LogP contribution in [-0.2, 0) is 42.4 Å². The van der Waals surface area contributed by atoms with Gasteiger partial charge in [0, 0.05) is 5.57 Å². The van der Waals surface area contributed by atoms with Gasteiger partial charge >= 0.3 is 5.97 Å². The molecule has 9 nitrogen and oxygen atoms in total. The molecular formula is C24H48O9Si. The van der Waals surface area contributed by atoms with Crippen LogP contribution in [-0.4, -0.2) is 107 Å². The molecule has 0 amide bonds. The molecule has 0 N–H and O–H groups in total. The first-order chi connectivity index (χ1) is 16.1. The van der Waals surface area contributed by atoms with Crippen LogP contribution in [0.4, 0.5) is 0 Å². The number of ether oxygens (including phenoxy) is 7. The fourth-order valence-corrected chi connectivity index (χ4v) is 3.12. The van der Waals surface area contributed by atoms with E-state index < -0.39 is 14.3 Å². The zero-order valence-electron chi connectivity index (χ0n) is 22.3. The van der Waals surface area contributed by atoms with E-state index in [0.29, 0.717) is 91.5 Å². The second-order valence-corrected chi connectivity index (χ2v) is 14.0. The summed E-state index contributed by atoms with van der Waals surface area (Å²) in [4.78, 5) is 11.2. The van der Waals surface area contributed by atoms with E-state index >= 15 is 0 Å². The van der Waals surface area contributed by atoms with Crippen molar-refractivity contribution in [2.75, 3.05) is 92.5 Å². The Morgan fingerprint density at radius 1 is 0.618 bits per heavy atom. The molecule has 0 atom stereocenters. The summed E-state index contributed by atoms with van der Waals surface area (Å²) in [7, 11) is -1.69. The number of carbonyl (C=O) groups excluding carboxylic acids is 1. The van der Waals surface area contributed by atoms with E-state index in [-0.39, 0.29) is 11.6 Å². The van der Waals surface area contributed by atoms with Crippen LogP contribution < -0.4 is 0 Å². The van der Waals surface area contributed by atoms with Crippen LogP contribution in [0.25, 0.3) is 0 Å². The maximum Gasteiger partial charge on any atom is 0.333 e. The summed E-state index contributed by atoms with van der Waals surface area (Å²) < 4.78 is 43.6. The fourth-order valence-electron chi connectivity index (χ4n) is 2.09. The monoisotopic (exact) mass is 508 g/mol. The minimum absolute atomic E-state index is 0.209. The SMILES string of the molecule is C=C(C)C(=O)OCCOCCOCCOCCOCCOCCOCCO[Si](C)(C)C(C)(C)C. The first-order valence-corrected chi connectivity index (χ1v) is 14.9. The van der Waals surface area contributed by atoms with Gasteiger partial charge in [0.1, 0.15) is 6.61 Å². The third-order valence-electron chi connectivity index (χ3n) is 5.17. The predicted molar refractivity (Wildman–Crippen MR) is 134 cm³/mol. The van der Waals surface area contributed by atoms with Gasteiger partial charge in [-0.1, -0.05) is 27.4 Å². The number of esters is 1. The smallest absolute Gasteiger partial charge is 0.333 e. The lowest BCUT2D eigenvalue weighted by Crippen LogP contribution is -2.41. The molecule has 0 saturated carbocycles. The Labute approximate surface area is 207 Å². The van der Waals surface area contributed by atoms with E-state index in [9.17, 15) is 4.79 Å². The molecule has 0 saturated heterocycles. The zero-order chi connectivity index (χ0) is 25.7. The van der Waals surface area contributed by atoms with Gasteiger partial charge in [0.05, 0.1) is 85.9 Å². The van der Waals surface area contributed by atoms with E-state index in [1.165, 1.54) is 0 Å². The van der Waals surface area contributed by atoms with Crippen molar-refractivity contribution in [1.29, 1.82) is 0 Å². The number of hydrogen-bond donors (Lipinski definition) is 0. The second kappa shape index (κ2) is 20.4. The molecule has 0 bridgehead atoms. The molecule has 202 valence electrons. The van der Waals surface area contributed by atoms with Crippen molar-refractivity contribution in [3.8, 4) is 0 Å². The van der Waals surface area contributed by atoms with Crippen molar-refractivity contribution in [2.24, 2.45) is 0 Å². The van der Waals surface area contributed by atoms with Crippen molar-refractivity contribution < 1.29 is 42.4 Å². The highest BCUT2D eigenvalue weighted by molar-refractivity contribution is 6.74. The Bertz CT molecular complexity index is 521. The average Bonchev–Trinajstić information content (AvgIpc) is 2.76. The molecule has 0 radical (unpaired) electrons. The van der Waals surface area contributed by atoms with Crippen LogP contribution >= 0.6 is 0 Å². The quantitative estimate of drug-likeness (QED) is 0.0893. The number of rotatable bonds is 23. The molecule has 0 aliphatic rings. The van der Waals surface area contributed by atoms with Crippen molar-refractivity contribution in [3.05, 3.63) is 12.2 Å². The molecule has 0 aromatic rings. The van der Waals surface area contributed by atoms with E-state index in [1.54, 1.807) is 6.92 Å². The van der Waals surface area contributed by atoms with Crippen molar-refractivity contribution in [2.45, 2.75) is 45.8 Å². The third-order valence-corrected chi connectivity index (χ3v) is 9.70. The van der Waals surface area contributed by atoms with Crippen molar-refractivity contribution in [3.63, 3.8) is 0 Å². The molecule has 0 aromatic carbocycles. The van der Waals surface area contributed by atoms with Gasteiger partial charge in [0.25, 0.3) is 0 Å². The molecule has 0 aromatic heterocycles. The summed E-state index contributed by atoms with van der Waals surface area (Å²) in [6.45, 7) is 23.1. The van der Waals surface area contributed by atoms with Crippen LogP contribution in [0.5, 0.6) is 0 Å². The van der Waals surface area contributed by atoms with Crippen LogP contribution in [0.15, 0.2) is 12.2 Å². The molecule has 0 unspecified atom stereocenters. The highest BCUT2D eigenvalue weighted by Crippen LogP contribution is 2.36. The largest absolute Gasteiger partial charge is 0.460 e. The van der Waals surface area contributed by atoms with Crippen LogP contribution in [0.1, 0.15) is 27.7 Å². The topological polar surface area (TPSA) is 90.9 Å². The first kappa shape index (κ1) is 33.1. The van der Waals surface area contributed by atoms with Gasteiger partial charge in [0.15, 0.2) is 8.32 Å². The van der Waals surface area contributed by atoms with Crippen LogP contribution in [0.3, 0.4) is 0 Å². The van der Waals surface area contributed by atoms with Crippen LogP contribution in [0.2, 0.25) is 18.1 Å². The number of hydrogen-bond acceptors (Lipinski definition) is 9. The lowest BCUT2D eigenvalue weighted by Gasteiger charge is -2.36. The summed E-state index contributed by atoms with van der Waals surface area (Å²) in [5, 5.41) is 0.219. The van der Waals surface area contributed by atoms with E-state index in [0.717, 1.165) is 0 Å². The molecule has 0 fully saturated rings. The Balaban J connectivity index is 3.21. The average molecular weight is 509 g/mol. The van der Waals surface area contributed by atoms with Gasteiger partial charge in [-0.2, -0.15) is 0 Å². The lowest BCUT2D eigenvalue weighted by molar-refractivity contribution is -0.140. The first-order valence-electron chi connectivity index (χ1n) is 12.0. The molecule has 0 rings (SSSR count). The van der Waals surface area contributed by atoms with Crippen molar-refractivity contribution in [1.82, 2.24) is 0 Å². The third kappa shape index (κ3) is 19.5. The Morgan fingerprint density at radius 3 is 1.21 bits per heavy atom. The Morgan fingerprint density at radius 2 is 0.912 bits per heavy atom. The Kier molecular flexibility index (Phi) is 19.8. The molecule has 34 heavy (non-hydrogen) atoms. The lowest BCUT2D eigenvalue weighted by atomic mass is 10.2. The van der Waals surface area contributed by atoms with Gasteiger partial charge in [-0.3, -0.25) is 0 Å². The van der Waals surface area contributed by atoms with Gasteiger partial charge in [-0.25, -0.2) is 4.79 Å². The van der Waals surface area contributed by atoms with Crippen LogP contribution in [0, 0.1) is 0 Å². The molecule has 0 aliphatic carbocycles. The normalized spacial score (nSPS) is 12.2. The van der Waals surface area contributed by atoms with E-state index in [4.69, 9.17) is 37.6 Å². The summed E-state index contributed by atoms with van der Waals surface area (Å²) in [6, 6.07) is 0. The van der Waals surface area contributed by atoms with Gasteiger partial charge < -0.3 is 37.6 Å². The van der Waals surface area contributed by atoms with Gasteiger partial charge in [-0.05, 0) is 25.1 Å². The summed E-state index contributed by atoms with van der Waals surface area (Å²) in [6.07, 6.45) is 0. The highest BCUT2D eigenvalue weighted by atomic mass is 28.4. The molecule has 10 heteroatoms. The van der Waals surface area contributed by atoms with Crippen molar-refractivity contribution >= 4 is 14.3 Å². The summed E-state index contributed by atoms with van der Waals surface area (Å²) >= 11 is 0.